The van der Waals surface area contributed by atoms with E-state index < -0.39 is 10.5 Å². The Labute approximate surface area is 106 Å². The van der Waals surface area contributed by atoms with Gasteiger partial charge in [0.1, 0.15) is 11.3 Å². The minimum Gasteiger partial charge on any atom is -0.421 e. The standard InChI is InChI=1S/C13H8N2O4/c16-13-11(14-5-1-2-6-14)8-9-7-10(15(17)18)3-4-12(9)19-13/h1-8H. The summed E-state index contributed by atoms with van der Waals surface area (Å²) in [5.74, 6) is 0. The van der Waals surface area contributed by atoms with Crippen LogP contribution in [0.2, 0.25) is 0 Å². The number of nitro groups is 1. The fourth-order valence-corrected chi connectivity index (χ4v) is 1.89. The van der Waals surface area contributed by atoms with Gasteiger partial charge in [-0.3, -0.25) is 10.1 Å². The fourth-order valence-electron chi connectivity index (χ4n) is 1.89. The van der Waals surface area contributed by atoms with E-state index >= 15 is 0 Å². The fraction of sp³-hybridized carbons (Fsp3) is 0. The van der Waals surface area contributed by atoms with Gasteiger partial charge in [0.2, 0.25) is 0 Å². The van der Waals surface area contributed by atoms with E-state index in [1.807, 2.05) is 0 Å². The van der Waals surface area contributed by atoms with Gasteiger partial charge in [-0.15, -0.1) is 0 Å². The van der Waals surface area contributed by atoms with Crippen molar-refractivity contribution in [2.75, 3.05) is 0 Å². The molecule has 6 heteroatoms. The van der Waals surface area contributed by atoms with E-state index in [1.165, 1.54) is 18.2 Å². The van der Waals surface area contributed by atoms with Crippen molar-refractivity contribution in [3.8, 4) is 5.69 Å². The molecular formula is C13H8N2O4. The zero-order chi connectivity index (χ0) is 13.4. The summed E-state index contributed by atoms with van der Waals surface area (Å²) in [6, 6.07) is 9.24. The summed E-state index contributed by atoms with van der Waals surface area (Å²) in [7, 11) is 0. The Morgan fingerprint density at radius 1 is 1.16 bits per heavy atom. The molecule has 19 heavy (non-hydrogen) atoms. The van der Waals surface area contributed by atoms with Crippen molar-refractivity contribution in [3.05, 3.63) is 69.3 Å². The number of aromatic nitrogens is 1. The van der Waals surface area contributed by atoms with Crippen LogP contribution in [0.1, 0.15) is 0 Å². The van der Waals surface area contributed by atoms with Gasteiger partial charge in [0, 0.05) is 29.9 Å². The molecule has 94 valence electrons. The van der Waals surface area contributed by atoms with Gasteiger partial charge in [-0.25, -0.2) is 4.79 Å². The Balaban J connectivity index is 2.28. The zero-order valence-electron chi connectivity index (χ0n) is 9.65. The molecule has 3 aromatic rings. The van der Waals surface area contributed by atoms with Gasteiger partial charge in [0.05, 0.1) is 4.92 Å². The highest BCUT2D eigenvalue weighted by Crippen LogP contribution is 2.21. The summed E-state index contributed by atoms with van der Waals surface area (Å²) in [6.45, 7) is 0. The number of hydrogen-bond donors (Lipinski definition) is 0. The molecule has 0 N–H and O–H groups in total. The lowest BCUT2D eigenvalue weighted by molar-refractivity contribution is -0.384. The molecule has 0 unspecified atom stereocenters. The number of benzene rings is 1. The van der Waals surface area contributed by atoms with Gasteiger partial charge < -0.3 is 8.98 Å². The first-order valence-corrected chi connectivity index (χ1v) is 5.51. The Hall–Kier alpha value is -2.89. The zero-order valence-corrected chi connectivity index (χ0v) is 9.65. The molecule has 0 radical (unpaired) electrons. The van der Waals surface area contributed by atoms with Crippen molar-refractivity contribution in [1.82, 2.24) is 4.57 Å². The van der Waals surface area contributed by atoms with Crippen LogP contribution >= 0.6 is 0 Å². The molecule has 0 aliphatic heterocycles. The molecular weight excluding hydrogens is 248 g/mol. The van der Waals surface area contributed by atoms with E-state index in [-0.39, 0.29) is 5.69 Å². The second-order valence-corrected chi connectivity index (χ2v) is 3.99. The molecule has 0 aliphatic rings. The average molecular weight is 256 g/mol. The number of fused-ring (bicyclic) bond motifs is 1. The van der Waals surface area contributed by atoms with Gasteiger partial charge in [-0.05, 0) is 24.3 Å². The van der Waals surface area contributed by atoms with E-state index in [0.29, 0.717) is 16.7 Å². The molecule has 0 bridgehead atoms. The van der Waals surface area contributed by atoms with Crippen LogP contribution in [0.3, 0.4) is 0 Å². The summed E-state index contributed by atoms with van der Waals surface area (Å²) in [5.41, 5.74) is 0.113. The van der Waals surface area contributed by atoms with Crippen LogP contribution in [-0.4, -0.2) is 9.49 Å². The molecule has 0 atom stereocenters. The largest absolute Gasteiger partial charge is 0.421 e. The van der Waals surface area contributed by atoms with Crippen molar-refractivity contribution in [1.29, 1.82) is 0 Å². The molecule has 3 rings (SSSR count). The first kappa shape index (κ1) is 11.2. The van der Waals surface area contributed by atoms with E-state index in [0.717, 1.165) is 0 Å². The van der Waals surface area contributed by atoms with E-state index in [4.69, 9.17) is 4.42 Å². The Morgan fingerprint density at radius 3 is 2.58 bits per heavy atom. The third-order valence-corrected chi connectivity index (χ3v) is 2.79. The van der Waals surface area contributed by atoms with Crippen molar-refractivity contribution in [2.45, 2.75) is 0 Å². The maximum atomic E-state index is 11.8. The molecule has 0 saturated carbocycles. The lowest BCUT2D eigenvalue weighted by atomic mass is 10.2. The summed E-state index contributed by atoms with van der Waals surface area (Å²) >= 11 is 0. The number of rotatable bonds is 2. The van der Waals surface area contributed by atoms with E-state index in [9.17, 15) is 14.9 Å². The van der Waals surface area contributed by atoms with Crippen LogP contribution in [0.25, 0.3) is 16.7 Å². The number of hydrogen-bond acceptors (Lipinski definition) is 4. The summed E-state index contributed by atoms with van der Waals surface area (Å²) in [5, 5.41) is 11.2. The minimum absolute atomic E-state index is 0.0418. The van der Waals surface area contributed by atoms with Crippen LogP contribution in [0.4, 0.5) is 5.69 Å². The van der Waals surface area contributed by atoms with Crippen molar-refractivity contribution in [3.63, 3.8) is 0 Å². The molecule has 2 aromatic heterocycles. The monoisotopic (exact) mass is 256 g/mol. The van der Waals surface area contributed by atoms with Crippen LogP contribution in [0, 0.1) is 10.1 Å². The molecule has 0 aliphatic carbocycles. The van der Waals surface area contributed by atoms with E-state index in [1.54, 1.807) is 35.2 Å². The lowest BCUT2D eigenvalue weighted by Gasteiger charge is -2.03. The Kier molecular flexibility index (Phi) is 2.42. The van der Waals surface area contributed by atoms with Crippen LogP contribution in [0.5, 0.6) is 0 Å². The average Bonchev–Trinajstić information content (AvgIpc) is 2.91. The number of nitro benzene ring substituents is 1. The second kappa shape index (κ2) is 4.09. The van der Waals surface area contributed by atoms with Gasteiger partial charge in [-0.1, -0.05) is 0 Å². The molecule has 2 heterocycles. The highest BCUT2D eigenvalue weighted by molar-refractivity contribution is 5.80. The van der Waals surface area contributed by atoms with Gasteiger partial charge in [0.15, 0.2) is 0 Å². The van der Waals surface area contributed by atoms with Crippen molar-refractivity contribution in [2.24, 2.45) is 0 Å². The molecule has 0 saturated heterocycles. The van der Waals surface area contributed by atoms with Gasteiger partial charge >= 0.3 is 5.63 Å². The molecule has 6 nitrogen and oxygen atoms in total. The second-order valence-electron chi connectivity index (χ2n) is 3.99. The highest BCUT2D eigenvalue weighted by atomic mass is 16.6. The third-order valence-electron chi connectivity index (χ3n) is 2.79. The third kappa shape index (κ3) is 1.89. The normalized spacial score (nSPS) is 10.7. The smallest absolute Gasteiger partial charge is 0.360 e. The van der Waals surface area contributed by atoms with Crippen molar-refractivity contribution < 1.29 is 9.34 Å². The summed E-state index contributed by atoms with van der Waals surface area (Å²) < 4.78 is 6.75. The first-order chi connectivity index (χ1) is 9.15. The van der Waals surface area contributed by atoms with Crippen LogP contribution < -0.4 is 5.63 Å². The highest BCUT2D eigenvalue weighted by Gasteiger charge is 2.11. The number of nitrogens with zero attached hydrogens (tertiary/aromatic N) is 2. The molecule has 0 amide bonds. The summed E-state index contributed by atoms with van der Waals surface area (Å²) in [4.78, 5) is 22.1. The maximum absolute atomic E-state index is 11.8. The lowest BCUT2D eigenvalue weighted by Crippen LogP contribution is -2.08. The van der Waals surface area contributed by atoms with E-state index in [2.05, 4.69) is 0 Å². The Morgan fingerprint density at radius 2 is 1.89 bits per heavy atom. The minimum atomic E-state index is -0.488. The number of non-ortho nitro benzene ring substituents is 1. The predicted octanol–water partition coefficient (Wildman–Crippen LogP) is 2.49. The SMILES string of the molecule is O=c1oc2ccc([N+](=O)[O-])cc2cc1-n1cccc1. The predicted molar refractivity (Wildman–Crippen MR) is 68.5 cm³/mol. The topological polar surface area (TPSA) is 78.3 Å². The van der Waals surface area contributed by atoms with Gasteiger partial charge in [0.25, 0.3) is 5.69 Å². The summed E-state index contributed by atoms with van der Waals surface area (Å²) in [6.07, 6.45) is 3.41. The Bertz CT molecular complexity index is 818. The molecule has 0 spiro atoms. The maximum Gasteiger partial charge on any atom is 0.360 e. The van der Waals surface area contributed by atoms with Crippen LogP contribution in [-0.2, 0) is 0 Å². The first-order valence-electron chi connectivity index (χ1n) is 5.51. The molecule has 1 aromatic carbocycles. The van der Waals surface area contributed by atoms with Crippen molar-refractivity contribution >= 4 is 16.7 Å². The quantitative estimate of drug-likeness (QED) is 0.401. The molecule has 0 fully saturated rings. The van der Waals surface area contributed by atoms with Gasteiger partial charge in [-0.2, -0.15) is 0 Å². The van der Waals surface area contributed by atoms with Crippen LogP contribution in [0.15, 0.2) is 58.0 Å².